The first kappa shape index (κ1) is 25.5. The van der Waals surface area contributed by atoms with Crippen LogP contribution in [0.2, 0.25) is 10.0 Å². The van der Waals surface area contributed by atoms with Crippen molar-refractivity contribution in [2.45, 2.75) is 19.8 Å². The third-order valence-electron chi connectivity index (χ3n) is 6.04. The van der Waals surface area contributed by atoms with Crippen molar-refractivity contribution in [3.05, 3.63) is 98.8 Å². The molecular formula is C27H22Cl2FNO5. The molecule has 2 heterocycles. The SMILES string of the molecule is COC(=O)C1=C(C)N(c2ccc(Cl)cc2)C(C)=C(C(=O)OC)C1c1ccc(-c2ccc(F)c(Cl)c2)o1. The van der Waals surface area contributed by atoms with Gasteiger partial charge in [-0.15, -0.1) is 0 Å². The van der Waals surface area contributed by atoms with Crippen molar-refractivity contribution < 1.29 is 27.9 Å². The number of rotatable bonds is 5. The van der Waals surface area contributed by atoms with E-state index < -0.39 is 23.7 Å². The van der Waals surface area contributed by atoms with Gasteiger partial charge in [-0.05, 0) is 68.4 Å². The van der Waals surface area contributed by atoms with Gasteiger partial charge in [0, 0.05) is 27.7 Å². The van der Waals surface area contributed by atoms with Crippen molar-refractivity contribution in [1.82, 2.24) is 0 Å². The van der Waals surface area contributed by atoms with E-state index in [1.165, 1.54) is 32.4 Å². The molecule has 1 aromatic heterocycles. The van der Waals surface area contributed by atoms with Gasteiger partial charge in [0.1, 0.15) is 17.3 Å². The van der Waals surface area contributed by atoms with Gasteiger partial charge in [-0.25, -0.2) is 14.0 Å². The molecule has 0 N–H and O–H groups in total. The number of carbonyl (C=O) groups is 2. The maximum absolute atomic E-state index is 13.7. The summed E-state index contributed by atoms with van der Waals surface area (Å²) in [5.74, 6) is -2.05. The molecule has 1 aliphatic heterocycles. The first-order valence-corrected chi connectivity index (χ1v) is 11.6. The Morgan fingerprint density at radius 1 is 0.889 bits per heavy atom. The number of anilines is 1. The molecule has 0 atom stereocenters. The van der Waals surface area contributed by atoms with Gasteiger partial charge in [-0.1, -0.05) is 23.2 Å². The largest absolute Gasteiger partial charge is 0.466 e. The highest BCUT2D eigenvalue weighted by Crippen LogP contribution is 2.45. The lowest BCUT2D eigenvalue weighted by atomic mass is 9.82. The molecule has 0 aliphatic carbocycles. The third kappa shape index (κ3) is 4.52. The number of halogens is 3. The van der Waals surface area contributed by atoms with Gasteiger partial charge < -0.3 is 18.8 Å². The topological polar surface area (TPSA) is 69.0 Å². The summed E-state index contributed by atoms with van der Waals surface area (Å²) in [5.41, 5.74) is 2.72. The molecule has 1 aliphatic rings. The van der Waals surface area contributed by atoms with Crippen LogP contribution in [0.3, 0.4) is 0 Å². The zero-order valence-corrected chi connectivity index (χ0v) is 21.4. The Morgan fingerprint density at radius 2 is 1.47 bits per heavy atom. The summed E-state index contributed by atoms with van der Waals surface area (Å²) >= 11 is 12.0. The summed E-state index contributed by atoms with van der Waals surface area (Å²) in [4.78, 5) is 28.0. The number of hydrogen-bond donors (Lipinski definition) is 0. The number of nitrogens with zero attached hydrogens (tertiary/aromatic N) is 1. The molecule has 6 nitrogen and oxygen atoms in total. The van der Waals surface area contributed by atoms with E-state index in [0.717, 1.165) is 0 Å². The lowest BCUT2D eigenvalue weighted by Gasteiger charge is -2.37. The van der Waals surface area contributed by atoms with E-state index in [2.05, 4.69) is 0 Å². The molecule has 4 rings (SSSR count). The smallest absolute Gasteiger partial charge is 0.336 e. The zero-order valence-electron chi connectivity index (χ0n) is 19.9. The number of carbonyl (C=O) groups excluding carboxylic acids is 2. The average molecular weight is 530 g/mol. The second-order valence-electron chi connectivity index (χ2n) is 8.06. The molecule has 186 valence electrons. The molecule has 0 bridgehead atoms. The van der Waals surface area contributed by atoms with Crippen molar-refractivity contribution in [2.24, 2.45) is 0 Å². The van der Waals surface area contributed by atoms with Crippen LogP contribution in [-0.2, 0) is 19.1 Å². The summed E-state index contributed by atoms with van der Waals surface area (Å²) in [6, 6.07) is 14.5. The van der Waals surface area contributed by atoms with Crippen LogP contribution in [0, 0.1) is 5.82 Å². The van der Waals surface area contributed by atoms with Gasteiger partial charge in [0.25, 0.3) is 0 Å². The third-order valence-corrected chi connectivity index (χ3v) is 6.58. The molecule has 36 heavy (non-hydrogen) atoms. The van der Waals surface area contributed by atoms with E-state index in [-0.39, 0.29) is 16.2 Å². The number of hydrogen-bond acceptors (Lipinski definition) is 6. The Morgan fingerprint density at radius 3 is 2.00 bits per heavy atom. The quantitative estimate of drug-likeness (QED) is 0.335. The molecule has 2 aromatic carbocycles. The minimum atomic E-state index is -0.918. The molecule has 0 unspecified atom stereocenters. The maximum atomic E-state index is 13.7. The molecule has 0 saturated heterocycles. The molecule has 0 amide bonds. The van der Waals surface area contributed by atoms with Gasteiger partial charge in [-0.2, -0.15) is 0 Å². The summed E-state index contributed by atoms with van der Waals surface area (Å²) in [6.07, 6.45) is 0. The van der Waals surface area contributed by atoms with Crippen molar-refractivity contribution >= 4 is 40.8 Å². The minimum absolute atomic E-state index is 0.0568. The monoisotopic (exact) mass is 529 g/mol. The second-order valence-corrected chi connectivity index (χ2v) is 8.90. The van der Waals surface area contributed by atoms with Crippen LogP contribution in [0.1, 0.15) is 25.5 Å². The zero-order chi connectivity index (χ0) is 26.1. The van der Waals surface area contributed by atoms with Gasteiger partial charge in [0.2, 0.25) is 0 Å². The molecule has 0 radical (unpaired) electrons. The number of esters is 2. The van der Waals surface area contributed by atoms with Crippen LogP contribution in [0.15, 0.2) is 81.6 Å². The first-order chi connectivity index (χ1) is 17.2. The van der Waals surface area contributed by atoms with Crippen LogP contribution < -0.4 is 4.90 Å². The van der Waals surface area contributed by atoms with Gasteiger partial charge >= 0.3 is 11.9 Å². The fourth-order valence-electron chi connectivity index (χ4n) is 4.38. The van der Waals surface area contributed by atoms with E-state index in [1.54, 1.807) is 55.1 Å². The van der Waals surface area contributed by atoms with Crippen molar-refractivity contribution in [1.29, 1.82) is 0 Å². The summed E-state index contributed by atoms with van der Waals surface area (Å²) < 4.78 is 30.0. The predicted molar refractivity (Wildman–Crippen MR) is 135 cm³/mol. The van der Waals surface area contributed by atoms with Gasteiger partial charge in [-0.3, -0.25) is 0 Å². The Kier molecular flexibility index (Phi) is 7.24. The van der Waals surface area contributed by atoms with E-state index in [1.807, 2.05) is 0 Å². The normalized spacial score (nSPS) is 14.4. The van der Waals surface area contributed by atoms with Gasteiger partial charge in [0.15, 0.2) is 0 Å². The number of furan rings is 1. The van der Waals surface area contributed by atoms with Crippen LogP contribution in [0.4, 0.5) is 10.1 Å². The van der Waals surface area contributed by atoms with Crippen molar-refractivity contribution in [2.75, 3.05) is 19.1 Å². The Hall–Kier alpha value is -3.55. The van der Waals surface area contributed by atoms with E-state index >= 15 is 0 Å². The fourth-order valence-corrected chi connectivity index (χ4v) is 4.69. The highest BCUT2D eigenvalue weighted by atomic mass is 35.5. The summed E-state index contributed by atoms with van der Waals surface area (Å²) in [6.45, 7) is 3.52. The predicted octanol–water partition coefficient (Wildman–Crippen LogP) is 6.89. The Balaban J connectivity index is 1.92. The lowest BCUT2D eigenvalue weighted by molar-refractivity contribution is -0.137. The Bertz CT molecular complexity index is 1370. The van der Waals surface area contributed by atoms with E-state index in [9.17, 15) is 14.0 Å². The second kappa shape index (κ2) is 10.2. The minimum Gasteiger partial charge on any atom is -0.466 e. The van der Waals surface area contributed by atoms with Gasteiger partial charge in [0.05, 0.1) is 36.3 Å². The highest BCUT2D eigenvalue weighted by molar-refractivity contribution is 6.31. The maximum Gasteiger partial charge on any atom is 0.336 e. The van der Waals surface area contributed by atoms with Crippen molar-refractivity contribution in [3.8, 4) is 11.3 Å². The highest BCUT2D eigenvalue weighted by Gasteiger charge is 2.42. The van der Waals surface area contributed by atoms with Crippen LogP contribution >= 0.6 is 23.2 Å². The number of ether oxygens (including phenoxy) is 2. The standard InChI is InChI=1S/C27H22Cl2FNO5/c1-14-23(26(32)34-3)25(22-12-11-21(36-22)16-5-10-20(30)19(29)13-16)24(27(33)35-4)15(2)31(14)18-8-6-17(28)7-9-18/h5-13,25H,1-4H3. The molecule has 9 heteroatoms. The number of methoxy groups -OCH3 is 2. The molecule has 0 fully saturated rings. The van der Waals surface area contributed by atoms with Crippen LogP contribution in [0.5, 0.6) is 0 Å². The first-order valence-electron chi connectivity index (χ1n) is 10.9. The molecule has 0 saturated carbocycles. The number of allylic oxidation sites excluding steroid dienone is 2. The summed E-state index contributed by atoms with van der Waals surface area (Å²) in [5, 5.41) is 0.487. The fraction of sp³-hybridized carbons (Fsp3) is 0.185. The molecule has 0 spiro atoms. The van der Waals surface area contributed by atoms with E-state index in [0.29, 0.717) is 39.2 Å². The average Bonchev–Trinajstić information content (AvgIpc) is 3.35. The number of benzene rings is 2. The van der Waals surface area contributed by atoms with E-state index in [4.69, 9.17) is 37.1 Å². The van der Waals surface area contributed by atoms with Crippen LogP contribution in [0.25, 0.3) is 11.3 Å². The lowest BCUT2D eigenvalue weighted by Crippen LogP contribution is -2.35. The molecule has 3 aromatic rings. The molecular weight excluding hydrogens is 508 g/mol. The Labute approximate surface area is 217 Å². The summed E-state index contributed by atoms with van der Waals surface area (Å²) in [7, 11) is 2.53. The van der Waals surface area contributed by atoms with Crippen molar-refractivity contribution in [3.63, 3.8) is 0 Å². The van der Waals surface area contributed by atoms with Crippen LogP contribution in [-0.4, -0.2) is 26.2 Å².